The van der Waals surface area contributed by atoms with E-state index < -0.39 is 0 Å². The average Bonchev–Trinajstić information content (AvgIpc) is 2.91. The molecule has 3 aromatic rings. The number of nitrogens with zero attached hydrogens (tertiary/aromatic N) is 4. The number of anilines is 1. The number of hydrogen-bond acceptors (Lipinski definition) is 5. The lowest BCUT2D eigenvalue weighted by Crippen LogP contribution is -2.39. The van der Waals surface area contributed by atoms with Crippen molar-refractivity contribution in [2.24, 2.45) is 5.92 Å². The summed E-state index contributed by atoms with van der Waals surface area (Å²) in [5.41, 5.74) is 2.58. The van der Waals surface area contributed by atoms with Crippen LogP contribution in [0.2, 0.25) is 0 Å². The largest absolute Gasteiger partial charge is 0.341 e. The standard InChI is InChI=1S/C29H37N5O3/c1-21(2)19-28(36)34-16-8-15-32(18-14-30-20-23-9-4-7-12-26(23)34)27(35)13-17-33-22(3)31-25-11-6-5-10-24(25)29(33)37/h4-7,9-12,21,30H,8,13-20H2,1-3H3. The molecule has 0 atom stereocenters. The fourth-order valence-corrected chi connectivity index (χ4v) is 4.89. The quantitative estimate of drug-likeness (QED) is 0.576. The molecule has 8 heteroatoms. The van der Waals surface area contributed by atoms with Crippen LogP contribution in [-0.4, -0.2) is 52.4 Å². The monoisotopic (exact) mass is 503 g/mol. The predicted octanol–water partition coefficient (Wildman–Crippen LogP) is 3.50. The van der Waals surface area contributed by atoms with Crippen molar-refractivity contribution < 1.29 is 9.59 Å². The highest BCUT2D eigenvalue weighted by Gasteiger charge is 2.22. The van der Waals surface area contributed by atoms with Gasteiger partial charge in [-0.2, -0.15) is 0 Å². The molecule has 0 radical (unpaired) electrons. The Labute approximate surface area is 218 Å². The second-order valence-electron chi connectivity index (χ2n) is 10.1. The Bertz CT molecular complexity index is 1320. The molecule has 8 nitrogen and oxygen atoms in total. The van der Waals surface area contributed by atoms with Gasteiger partial charge < -0.3 is 15.1 Å². The summed E-state index contributed by atoms with van der Waals surface area (Å²) < 4.78 is 1.59. The molecular weight excluding hydrogens is 466 g/mol. The molecule has 2 aromatic carbocycles. The second kappa shape index (κ2) is 12.1. The molecule has 196 valence electrons. The Morgan fingerprint density at radius 2 is 1.76 bits per heavy atom. The van der Waals surface area contributed by atoms with Crippen molar-refractivity contribution in [3.8, 4) is 0 Å². The Morgan fingerprint density at radius 3 is 2.57 bits per heavy atom. The molecule has 0 spiro atoms. The molecule has 1 aliphatic heterocycles. The first-order valence-electron chi connectivity index (χ1n) is 13.2. The van der Waals surface area contributed by atoms with Crippen LogP contribution in [0.15, 0.2) is 53.3 Å². The maximum Gasteiger partial charge on any atom is 0.261 e. The smallest absolute Gasteiger partial charge is 0.261 e. The fourth-order valence-electron chi connectivity index (χ4n) is 4.89. The van der Waals surface area contributed by atoms with E-state index in [2.05, 4.69) is 30.2 Å². The number of nitrogens with one attached hydrogen (secondary N) is 1. The minimum absolute atomic E-state index is 0.00178. The number of hydrogen-bond donors (Lipinski definition) is 1. The zero-order valence-corrected chi connectivity index (χ0v) is 22.1. The van der Waals surface area contributed by atoms with E-state index in [1.165, 1.54) is 0 Å². The fraction of sp³-hybridized carbons (Fsp3) is 0.448. The zero-order valence-electron chi connectivity index (χ0n) is 22.1. The van der Waals surface area contributed by atoms with Gasteiger partial charge in [0.05, 0.1) is 10.9 Å². The van der Waals surface area contributed by atoms with Crippen LogP contribution in [0.3, 0.4) is 0 Å². The summed E-state index contributed by atoms with van der Waals surface area (Å²) >= 11 is 0. The highest BCUT2D eigenvalue weighted by molar-refractivity contribution is 5.94. The van der Waals surface area contributed by atoms with E-state index in [-0.39, 0.29) is 36.3 Å². The number of para-hydroxylation sites is 2. The minimum atomic E-state index is -0.118. The van der Waals surface area contributed by atoms with E-state index in [0.717, 1.165) is 11.3 Å². The summed E-state index contributed by atoms with van der Waals surface area (Å²) in [6.45, 7) is 9.15. The van der Waals surface area contributed by atoms with Crippen LogP contribution >= 0.6 is 0 Å². The van der Waals surface area contributed by atoms with Crippen LogP contribution < -0.4 is 15.8 Å². The van der Waals surface area contributed by atoms with Crippen molar-refractivity contribution in [1.29, 1.82) is 0 Å². The van der Waals surface area contributed by atoms with Crippen LogP contribution in [-0.2, 0) is 22.7 Å². The molecule has 1 aromatic heterocycles. The lowest BCUT2D eigenvalue weighted by atomic mass is 10.1. The normalized spacial score (nSPS) is 14.9. The molecule has 0 bridgehead atoms. The SMILES string of the molecule is Cc1nc2ccccc2c(=O)n1CCC(=O)N1CCCN(C(=O)CC(C)C)c2ccccc2CNCC1. The van der Waals surface area contributed by atoms with Crippen LogP contribution in [0.1, 0.15) is 44.5 Å². The number of aromatic nitrogens is 2. The van der Waals surface area contributed by atoms with Gasteiger partial charge in [0.25, 0.3) is 5.56 Å². The predicted molar refractivity (Wildman–Crippen MR) is 147 cm³/mol. The number of carbonyl (C=O) groups excluding carboxylic acids is 2. The summed E-state index contributed by atoms with van der Waals surface area (Å²) in [6, 6.07) is 15.3. The first kappa shape index (κ1) is 26.5. The van der Waals surface area contributed by atoms with Gasteiger partial charge in [0.15, 0.2) is 0 Å². The lowest BCUT2D eigenvalue weighted by Gasteiger charge is -2.27. The maximum absolute atomic E-state index is 13.3. The van der Waals surface area contributed by atoms with Gasteiger partial charge in [-0.1, -0.05) is 44.2 Å². The van der Waals surface area contributed by atoms with Crippen molar-refractivity contribution in [2.45, 2.75) is 53.1 Å². The van der Waals surface area contributed by atoms with Crippen LogP contribution in [0.4, 0.5) is 5.69 Å². The van der Waals surface area contributed by atoms with Crippen molar-refractivity contribution in [1.82, 2.24) is 19.8 Å². The van der Waals surface area contributed by atoms with E-state index in [4.69, 9.17) is 0 Å². The Balaban J connectivity index is 1.47. The minimum Gasteiger partial charge on any atom is -0.341 e. The highest BCUT2D eigenvalue weighted by atomic mass is 16.2. The van der Waals surface area contributed by atoms with Gasteiger partial charge in [-0.05, 0) is 43.0 Å². The molecule has 1 aliphatic rings. The van der Waals surface area contributed by atoms with Gasteiger partial charge in [-0.3, -0.25) is 19.0 Å². The third kappa shape index (κ3) is 6.43. The third-order valence-electron chi connectivity index (χ3n) is 6.80. The molecule has 0 saturated heterocycles. The number of rotatable bonds is 5. The van der Waals surface area contributed by atoms with E-state index in [1.807, 2.05) is 46.2 Å². The van der Waals surface area contributed by atoms with E-state index >= 15 is 0 Å². The number of carbonyl (C=O) groups is 2. The number of fused-ring (bicyclic) bond motifs is 2. The Kier molecular flexibility index (Phi) is 8.71. The average molecular weight is 504 g/mol. The molecule has 0 aliphatic carbocycles. The summed E-state index contributed by atoms with van der Waals surface area (Å²) in [5.74, 6) is 0.981. The summed E-state index contributed by atoms with van der Waals surface area (Å²) in [4.78, 5) is 47.7. The molecule has 0 unspecified atom stereocenters. The summed E-state index contributed by atoms with van der Waals surface area (Å²) in [6.07, 6.45) is 1.38. The molecule has 2 amide bonds. The molecule has 4 rings (SSSR count). The molecule has 2 heterocycles. The topological polar surface area (TPSA) is 87.5 Å². The van der Waals surface area contributed by atoms with E-state index in [9.17, 15) is 14.4 Å². The van der Waals surface area contributed by atoms with Gasteiger partial charge in [-0.15, -0.1) is 0 Å². The highest BCUT2D eigenvalue weighted by Crippen LogP contribution is 2.23. The van der Waals surface area contributed by atoms with E-state index in [0.29, 0.717) is 62.3 Å². The molecule has 0 saturated carbocycles. The molecule has 0 fully saturated rings. The van der Waals surface area contributed by atoms with Gasteiger partial charge in [-0.25, -0.2) is 4.98 Å². The van der Waals surface area contributed by atoms with Gasteiger partial charge in [0, 0.05) is 57.8 Å². The van der Waals surface area contributed by atoms with Crippen molar-refractivity contribution >= 4 is 28.4 Å². The maximum atomic E-state index is 13.3. The molecule has 1 N–H and O–H groups in total. The van der Waals surface area contributed by atoms with E-state index in [1.54, 1.807) is 17.6 Å². The molecule has 37 heavy (non-hydrogen) atoms. The zero-order chi connectivity index (χ0) is 26.4. The summed E-state index contributed by atoms with van der Waals surface area (Å²) in [5, 5.41) is 4.00. The van der Waals surface area contributed by atoms with Crippen molar-refractivity contribution in [3.63, 3.8) is 0 Å². The van der Waals surface area contributed by atoms with Crippen molar-refractivity contribution in [3.05, 3.63) is 70.3 Å². The number of amides is 2. The third-order valence-corrected chi connectivity index (χ3v) is 6.80. The Hall–Kier alpha value is -3.52. The first-order chi connectivity index (χ1) is 17.8. The molecular formula is C29H37N5O3. The van der Waals surface area contributed by atoms with Gasteiger partial charge in [0.1, 0.15) is 5.82 Å². The van der Waals surface area contributed by atoms with Gasteiger partial charge >= 0.3 is 0 Å². The van der Waals surface area contributed by atoms with Crippen LogP contribution in [0.5, 0.6) is 0 Å². The second-order valence-corrected chi connectivity index (χ2v) is 10.1. The lowest BCUT2D eigenvalue weighted by molar-refractivity contribution is -0.131. The van der Waals surface area contributed by atoms with Crippen LogP contribution in [0.25, 0.3) is 10.9 Å². The van der Waals surface area contributed by atoms with Crippen molar-refractivity contribution in [2.75, 3.05) is 31.1 Å². The first-order valence-corrected chi connectivity index (χ1v) is 13.2. The summed E-state index contributed by atoms with van der Waals surface area (Å²) in [7, 11) is 0. The van der Waals surface area contributed by atoms with Crippen LogP contribution in [0, 0.1) is 12.8 Å². The number of aryl methyl sites for hydroxylation is 1. The number of benzene rings is 2. The van der Waals surface area contributed by atoms with Gasteiger partial charge in [0.2, 0.25) is 11.8 Å². The Morgan fingerprint density at radius 1 is 1.00 bits per heavy atom.